The van der Waals surface area contributed by atoms with E-state index in [1.807, 2.05) is 6.07 Å². The first kappa shape index (κ1) is 7.83. The lowest BCUT2D eigenvalue weighted by Gasteiger charge is -2.03. The van der Waals surface area contributed by atoms with E-state index in [4.69, 9.17) is 11.6 Å². The smallest absolute Gasteiger partial charge is 0.0989 e. The fraction of sp³-hybridized carbons (Fsp3) is 0.250. The lowest BCUT2D eigenvalue weighted by atomic mass is 10.4. The molecule has 1 aromatic carbocycles. The highest BCUT2D eigenvalue weighted by Crippen LogP contribution is 1.89. The first-order valence-electron chi connectivity index (χ1n) is 3.28. The van der Waals surface area contributed by atoms with Crippen molar-refractivity contribution in [1.82, 2.24) is 0 Å². The molecule has 0 bridgehead atoms. The second kappa shape index (κ2) is 3.79. The molecule has 0 saturated heterocycles. The van der Waals surface area contributed by atoms with Gasteiger partial charge in [0.2, 0.25) is 0 Å². The van der Waals surface area contributed by atoms with Gasteiger partial charge in [0.25, 0.3) is 0 Å². The monoisotopic (exact) mass is 169 g/mol. The predicted octanol–water partition coefficient (Wildman–Crippen LogP) is 1.80. The second-order valence-corrected chi connectivity index (χ2v) is 5.49. The minimum absolute atomic E-state index is 0.441. The van der Waals surface area contributed by atoms with Crippen LogP contribution in [0.25, 0.3) is 0 Å². The molecule has 0 aromatic heterocycles. The van der Waals surface area contributed by atoms with Gasteiger partial charge in [0.05, 0.1) is 8.80 Å². The molecule has 1 radical (unpaired) electrons. The molecule has 0 atom stereocenters. The largest absolute Gasteiger partial charge is 0.130 e. The minimum Gasteiger partial charge on any atom is -0.130 e. The summed E-state index contributed by atoms with van der Waals surface area (Å²) >= 11 is 5.73. The second-order valence-electron chi connectivity index (χ2n) is 2.28. The maximum atomic E-state index is 5.73. The van der Waals surface area contributed by atoms with Crippen molar-refractivity contribution in [1.29, 1.82) is 0 Å². The van der Waals surface area contributed by atoms with Crippen LogP contribution in [0, 0.1) is 0 Å². The Balaban J connectivity index is 2.75. The number of benzene rings is 1. The van der Waals surface area contributed by atoms with E-state index in [1.165, 1.54) is 5.19 Å². The van der Waals surface area contributed by atoms with Crippen LogP contribution in [0.3, 0.4) is 0 Å². The highest BCUT2D eigenvalue weighted by molar-refractivity contribution is 6.77. The molecule has 1 rings (SSSR count). The molecule has 0 aliphatic rings. The van der Waals surface area contributed by atoms with Gasteiger partial charge in [-0.05, 0) is 0 Å². The Labute approximate surface area is 68.4 Å². The summed E-state index contributed by atoms with van der Waals surface area (Å²) in [6.45, 7) is 2.23. The van der Waals surface area contributed by atoms with E-state index in [0.29, 0.717) is 0 Å². The van der Waals surface area contributed by atoms with Crippen LogP contribution in [-0.2, 0) is 0 Å². The van der Waals surface area contributed by atoms with Crippen molar-refractivity contribution in [2.45, 2.75) is 6.55 Å². The normalized spacial score (nSPS) is 10.3. The van der Waals surface area contributed by atoms with Gasteiger partial charge < -0.3 is 0 Å². The predicted molar refractivity (Wildman–Crippen MR) is 48.4 cm³/mol. The molecule has 0 unspecified atom stereocenters. The van der Waals surface area contributed by atoms with E-state index in [2.05, 4.69) is 30.8 Å². The zero-order valence-electron chi connectivity index (χ0n) is 5.97. The van der Waals surface area contributed by atoms with E-state index in [1.54, 1.807) is 0 Å². The van der Waals surface area contributed by atoms with Crippen molar-refractivity contribution < 1.29 is 0 Å². The highest BCUT2D eigenvalue weighted by Gasteiger charge is 2.03. The summed E-state index contributed by atoms with van der Waals surface area (Å²) in [7, 11) is -0.441. The first-order valence-corrected chi connectivity index (χ1v) is 6.02. The summed E-state index contributed by atoms with van der Waals surface area (Å²) in [6.07, 6.45) is 0. The average Bonchev–Trinajstić information content (AvgIpc) is 2.05. The van der Waals surface area contributed by atoms with Crippen molar-refractivity contribution in [2.24, 2.45) is 0 Å². The third-order valence-corrected chi connectivity index (χ3v) is 4.39. The van der Waals surface area contributed by atoms with Crippen LogP contribution in [-0.4, -0.2) is 14.3 Å². The third-order valence-electron chi connectivity index (χ3n) is 1.47. The van der Waals surface area contributed by atoms with Gasteiger partial charge in [-0.2, -0.15) is 0 Å². The van der Waals surface area contributed by atoms with Gasteiger partial charge in [-0.25, -0.2) is 0 Å². The molecule has 0 saturated carbocycles. The third kappa shape index (κ3) is 1.86. The zero-order chi connectivity index (χ0) is 7.40. The summed E-state index contributed by atoms with van der Waals surface area (Å²) in [5, 5.41) is 1.42. The molecular formula is C8H10ClSi. The average molecular weight is 170 g/mol. The Morgan fingerprint density at radius 2 is 1.90 bits per heavy atom. The SMILES string of the molecule is C[Si](CCl)c1ccccc1. The van der Waals surface area contributed by atoms with Crippen LogP contribution >= 0.6 is 11.6 Å². The number of rotatable bonds is 2. The molecule has 53 valence electrons. The molecule has 0 amide bonds. The highest BCUT2D eigenvalue weighted by atomic mass is 35.5. The van der Waals surface area contributed by atoms with E-state index < -0.39 is 8.80 Å². The first-order chi connectivity index (χ1) is 4.84. The van der Waals surface area contributed by atoms with Gasteiger partial charge in [-0.3, -0.25) is 0 Å². The number of alkyl halides is 1. The summed E-state index contributed by atoms with van der Waals surface area (Å²) in [6, 6.07) is 10.5. The Hall–Kier alpha value is -0.273. The summed E-state index contributed by atoms with van der Waals surface area (Å²) < 4.78 is 0. The molecule has 0 aliphatic carbocycles. The number of hydrogen-bond acceptors (Lipinski definition) is 0. The lowest BCUT2D eigenvalue weighted by Crippen LogP contribution is -2.27. The van der Waals surface area contributed by atoms with Crippen LogP contribution in [0.1, 0.15) is 0 Å². The van der Waals surface area contributed by atoms with Crippen molar-refractivity contribution in [3.63, 3.8) is 0 Å². The quantitative estimate of drug-likeness (QED) is 0.468. The van der Waals surface area contributed by atoms with Crippen LogP contribution in [0.4, 0.5) is 0 Å². The Morgan fingerprint density at radius 3 is 2.40 bits per heavy atom. The summed E-state index contributed by atoms with van der Waals surface area (Å²) in [4.78, 5) is 0. The Morgan fingerprint density at radius 1 is 1.30 bits per heavy atom. The maximum absolute atomic E-state index is 5.73. The van der Waals surface area contributed by atoms with E-state index in [0.717, 1.165) is 5.50 Å². The zero-order valence-corrected chi connectivity index (χ0v) is 7.73. The van der Waals surface area contributed by atoms with E-state index in [9.17, 15) is 0 Å². The van der Waals surface area contributed by atoms with Crippen LogP contribution in [0.15, 0.2) is 30.3 Å². The van der Waals surface area contributed by atoms with Crippen LogP contribution in [0.2, 0.25) is 6.55 Å². The molecule has 0 spiro atoms. The van der Waals surface area contributed by atoms with Crippen LogP contribution < -0.4 is 5.19 Å². The molecule has 0 N–H and O–H groups in total. The van der Waals surface area contributed by atoms with Crippen molar-refractivity contribution in [2.75, 3.05) is 5.50 Å². The molecular weight excluding hydrogens is 160 g/mol. The van der Waals surface area contributed by atoms with Crippen molar-refractivity contribution in [3.8, 4) is 0 Å². The van der Waals surface area contributed by atoms with Gasteiger partial charge >= 0.3 is 0 Å². The standard InChI is InChI=1S/C8H10ClSi/c1-10(7-9)8-5-3-2-4-6-8/h2-6H,7H2,1H3. The fourth-order valence-corrected chi connectivity index (χ4v) is 2.18. The topological polar surface area (TPSA) is 0 Å². The fourth-order valence-electron chi connectivity index (χ4n) is 0.800. The molecule has 2 heteroatoms. The van der Waals surface area contributed by atoms with E-state index >= 15 is 0 Å². The van der Waals surface area contributed by atoms with Crippen LogP contribution in [0.5, 0.6) is 0 Å². The summed E-state index contributed by atoms with van der Waals surface area (Å²) in [5.41, 5.74) is 0.800. The Bertz CT molecular complexity index is 186. The van der Waals surface area contributed by atoms with Gasteiger partial charge in [-0.15, -0.1) is 11.6 Å². The minimum atomic E-state index is -0.441. The van der Waals surface area contributed by atoms with Gasteiger partial charge in [0, 0.05) is 5.50 Å². The summed E-state index contributed by atoms with van der Waals surface area (Å²) in [5.74, 6) is 0. The van der Waals surface area contributed by atoms with E-state index in [-0.39, 0.29) is 0 Å². The number of halogens is 1. The Kier molecular flexibility index (Phi) is 2.97. The van der Waals surface area contributed by atoms with Gasteiger partial charge in [0.1, 0.15) is 0 Å². The number of hydrogen-bond donors (Lipinski definition) is 0. The maximum Gasteiger partial charge on any atom is 0.0989 e. The molecule has 0 nitrogen and oxygen atoms in total. The van der Waals surface area contributed by atoms with Gasteiger partial charge in [0.15, 0.2) is 0 Å². The lowest BCUT2D eigenvalue weighted by molar-refractivity contribution is 1.73. The molecule has 0 heterocycles. The molecule has 0 aliphatic heterocycles. The van der Waals surface area contributed by atoms with Crippen molar-refractivity contribution in [3.05, 3.63) is 30.3 Å². The molecule has 10 heavy (non-hydrogen) atoms. The van der Waals surface area contributed by atoms with Crippen molar-refractivity contribution >= 4 is 25.6 Å². The van der Waals surface area contributed by atoms with Gasteiger partial charge in [-0.1, -0.05) is 42.1 Å². The molecule has 1 aromatic rings. The molecule has 0 fully saturated rings.